The van der Waals surface area contributed by atoms with Crippen LogP contribution in [0.5, 0.6) is 0 Å². The lowest BCUT2D eigenvalue weighted by molar-refractivity contribution is 0.102. The van der Waals surface area contributed by atoms with Gasteiger partial charge in [0.05, 0.1) is 16.0 Å². The third-order valence-corrected chi connectivity index (χ3v) is 7.94. The fourth-order valence-electron chi connectivity index (χ4n) is 3.23. The number of nitrogens with one attached hydrogen (secondary N) is 1. The molecule has 0 bridgehead atoms. The molecule has 7 nitrogen and oxygen atoms in total. The van der Waals surface area contributed by atoms with Crippen LogP contribution < -0.4 is 5.32 Å². The molecular weight excluding hydrogens is 470 g/mol. The van der Waals surface area contributed by atoms with E-state index in [1.807, 2.05) is 0 Å². The minimum Gasteiger partial charge on any atom is -0.320 e. The molecule has 3 aromatic rings. The maximum Gasteiger partial charge on any atom is 0.286 e. The van der Waals surface area contributed by atoms with Crippen molar-refractivity contribution in [1.82, 2.24) is 14.5 Å². The molecule has 1 atom stereocenters. The van der Waals surface area contributed by atoms with E-state index in [9.17, 15) is 22.0 Å². The molecule has 2 heterocycles. The van der Waals surface area contributed by atoms with Gasteiger partial charge in [-0.05, 0) is 55.3 Å². The first-order valence-corrected chi connectivity index (χ1v) is 11.8. The van der Waals surface area contributed by atoms with Gasteiger partial charge in [-0.3, -0.25) is 4.79 Å². The Bertz CT molecular complexity index is 1240. The van der Waals surface area contributed by atoms with E-state index in [2.05, 4.69) is 15.5 Å². The van der Waals surface area contributed by atoms with Crippen molar-refractivity contribution in [3.8, 4) is 0 Å². The quantitative estimate of drug-likeness (QED) is 0.584. The van der Waals surface area contributed by atoms with Crippen LogP contribution >= 0.6 is 22.9 Å². The van der Waals surface area contributed by atoms with E-state index in [0.29, 0.717) is 23.5 Å². The van der Waals surface area contributed by atoms with Crippen molar-refractivity contribution in [2.45, 2.75) is 23.8 Å². The van der Waals surface area contributed by atoms with Gasteiger partial charge in [0.15, 0.2) is 0 Å². The molecule has 31 heavy (non-hydrogen) atoms. The van der Waals surface area contributed by atoms with Crippen LogP contribution in [0.2, 0.25) is 5.02 Å². The summed E-state index contributed by atoms with van der Waals surface area (Å²) in [5.41, 5.74) is 0.390. The largest absolute Gasteiger partial charge is 0.320 e. The number of benzene rings is 2. The highest BCUT2D eigenvalue weighted by Crippen LogP contribution is 2.38. The fraction of sp³-hybridized carbons (Fsp3) is 0.211. The Hall–Kier alpha value is -2.47. The fourth-order valence-corrected chi connectivity index (χ4v) is 6.11. The molecule has 1 aliphatic rings. The van der Waals surface area contributed by atoms with Crippen LogP contribution in [0.1, 0.15) is 33.7 Å². The van der Waals surface area contributed by atoms with Gasteiger partial charge >= 0.3 is 0 Å². The molecule has 0 spiro atoms. The number of nitrogens with zero attached hydrogens (tertiary/aromatic N) is 3. The Morgan fingerprint density at radius 2 is 1.90 bits per heavy atom. The van der Waals surface area contributed by atoms with Gasteiger partial charge in [0.25, 0.3) is 5.91 Å². The Labute approximate surface area is 185 Å². The summed E-state index contributed by atoms with van der Waals surface area (Å²) in [4.78, 5) is 12.3. The van der Waals surface area contributed by atoms with E-state index in [1.54, 1.807) is 0 Å². The number of sulfonamides is 1. The van der Waals surface area contributed by atoms with Crippen molar-refractivity contribution in [2.75, 3.05) is 11.9 Å². The number of hydrogen-bond donors (Lipinski definition) is 1. The van der Waals surface area contributed by atoms with Gasteiger partial charge in [0.2, 0.25) is 15.0 Å². The molecule has 1 aromatic heterocycles. The summed E-state index contributed by atoms with van der Waals surface area (Å²) >= 11 is 6.73. The van der Waals surface area contributed by atoms with Crippen molar-refractivity contribution in [1.29, 1.82) is 0 Å². The zero-order chi connectivity index (χ0) is 22.2. The summed E-state index contributed by atoms with van der Waals surface area (Å²) in [5.74, 6) is -1.67. The normalized spacial score (nSPS) is 17.1. The van der Waals surface area contributed by atoms with Crippen LogP contribution in [0.15, 0.2) is 47.4 Å². The third kappa shape index (κ3) is 4.45. The monoisotopic (exact) mass is 484 g/mol. The Kier molecular flexibility index (Phi) is 6.02. The van der Waals surface area contributed by atoms with Crippen molar-refractivity contribution in [3.05, 3.63) is 69.1 Å². The molecule has 1 aliphatic heterocycles. The summed E-state index contributed by atoms with van der Waals surface area (Å²) in [5, 5.41) is 10.6. The molecule has 1 N–H and O–H groups in total. The average molecular weight is 485 g/mol. The predicted octanol–water partition coefficient (Wildman–Crippen LogP) is 4.25. The van der Waals surface area contributed by atoms with Crippen molar-refractivity contribution in [3.63, 3.8) is 0 Å². The molecular formula is C19H15ClF2N4O3S2. The first kappa shape index (κ1) is 21.8. The number of hydrogen-bond acceptors (Lipinski definition) is 6. The Morgan fingerprint density at radius 3 is 2.61 bits per heavy atom. The highest BCUT2D eigenvalue weighted by molar-refractivity contribution is 7.89. The summed E-state index contributed by atoms with van der Waals surface area (Å²) in [7, 11) is -3.95. The molecule has 1 fully saturated rings. The van der Waals surface area contributed by atoms with E-state index < -0.39 is 33.6 Å². The molecule has 0 aliphatic carbocycles. The number of anilines is 1. The van der Waals surface area contributed by atoms with Crippen LogP contribution in [0, 0.1) is 11.6 Å². The Balaban J connectivity index is 1.55. The molecule has 0 unspecified atom stereocenters. The second-order valence-electron chi connectivity index (χ2n) is 6.76. The Morgan fingerprint density at radius 1 is 1.16 bits per heavy atom. The smallest absolute Gasteiger partial charge is 0.286 e. The predicted molar refractivity (Wildman–Crippen MR) is 112 cm³/mol. The number of carbonyl (C=O) groups excluding carboxylic acids is 1. The van der Waals surface area contributed by atoms with Crippen LogP contribution in [-0.2, 0) is 10.0 Å². The first-order valence-electron chi connectivity index (χ1n) is 9.13. The highest BCUT2D eigenvalue weighted by Gasteiger charge is 2.38. The van der Waals surface area contributed by atoms with E-state index in [1.165, 1.54) is 28.6 Å². The second-order valence-corrected chi connectivity index (χ2v) is 10.1. The molecule has 4 rings (SSSR count). The number of aromatic nitrogens is 2. The zero-order valence-corrected chi connectivity index (χ0v) is 18.1. The lowest BCUT2D eigenvalue weighted by Crippen LogP contribution is -2.30. The van der Waals surface area contributed by atoms with E-state index in [0.717, 1.165) is 29.5 Å². The lowest BCUT2D eigenvalue weighted by atomic mass is 10.2. The van der Waals surface area contributed by atoms with E-state index in [4.69, 9.17) is 11.6 Å². The standard InChI is InChI=1S/C19H15ClF2N4O3S2/c20-14-10-13(7-8-15(14)22)31(28,29)26-9-1-2-16(26)18-24-25-19(30-18)17(27)23-12-5-3-11(21)4-6-12/h3-8,10,16H,1-2,9H2,(H,23,27)/t16-/m0/s1. The van der Waals surface area contributed by atoms with Crippen molar-refractivity contribution >= 4 is 44.6 Å². The molecule has 0 saturated carbocycles. The van der Waals surface area contributed by atoms with Crippen LogP contribution in [-0.4, -0.2) is 35.4 Å². The van der Waals surface area contributed by atoms with E-state index in [-0.39, 0.29) is 21.5 Å². The maximum atomic E-state index is 13.4. The van der Waals surface area contributed by atoms with Gasteiger partial charge in [0.1, 0.15) is 16.6 Å². The van der Waals surface area contributed by atoms with Gasteiger partial charge in [0, 0.05) is 12.2 Å². The number of carbonyl (C=O) groups is 1. The van der Waals surface area contributed by atoms with Crippen LogP contribution in [0.3, 0.4) is 0 Å². The summed E-state index contributed by atoms with van der Waals surface area (Å²) < 4.78 is 53.9. The SMILES string of the molecule is O=C(Nc1ccc(F)cc1)c1nnc([C@@H]2CCCN2S(=O)(=O)c2ccc(F)c(Cl)c2)s1. The second kappa shape index (κ2) is 8.58. The summed E-state index contributed by atoms with van der Waals surface area (Å²) in [6, 6.07) is 7.88. The van der Waals surface area contributed by atoms with Gasteiger partial charge in [-0.2, -0.15) is 4.31 Å². The van der Waals surface area contributed by atoms with Crippen LogP contribution in [0.25, 0.3) is 0 Å². The zero-order valence-electron chi connectivity index (χ0n) is 15.8. The van der Waals surface area contributed by atoms with Gasteiger partial charge in [-0.25, -0.2) is 17.2 Å². The molecule has 0 radical (unpaired) electrons. The van der Waals surface area contributed by atoms with E-state index >= 15 is 0 Å². The van der Waals surface area contributed by atoms with Gasteiger partial charge < -0.3 is 5.32 Å². The topological polar surface area (TPSA) is 92.3 Å². The molecule has 1 amide bonds. The third-order valence-electron chi connectivity index (χ3n) is 4.72. The minimum atomic E-state index is -3.95. The number of amides is 1. The molecule has 1 saturated heterocycles. The lowest BCUT2D eigenvalue weighted by Gasteiger charge is -2.22. The molecule has 162 valence electrons. The van der Waals surface area contributed by atoms with Crippen molar-refractivity contribution < 1.29 is 22.0 Å². The molecule has 12 heteroatoms. The van der Waals surface area contributed by atoms with Crippen molar-refractivity contribution in [2.24, 2.45) is 0 Å². The average Bonchev–Trinajstić information content (AvgIpc) is 3.41. The number of halogens is 3. The van der Waals surface area contributed by atoms with Gasteiger partial charge in [-0.1, -0.05) is 22.9 Å². The van der Waals surface area contributed by atoms with Crippen LogP contribution in [0.4, 0.5) is 14.5 Å². The summed E-state index contributed by atoms with van der Waals surface area (Å²) in [6.45, 7) is 0.249. The highest BCUT2D eigenvalue weighted by atomic mass is 35.5. The minimum absolute atomic E-state index is 0.0494. The maximum absolute atomic E-state index is 13.4. The first-order chi connectivity index (χ1) is 14.8. The summed E-state index contributed by atoms with van der Waals surface area (Å²) in [6.07, 6.45) is 1.10. The van der Waals surface area contributed by atoms with Gasteiger partial charge in [-0.15, -0.1) is 10.2 Å². The number of rotatable bonds is 5. The molecule has 2 aromatic carbocycles.